The summed E-state index contributed by atoms with van der Waals surface area (Å²) in [6.45, 7) is 13.0. The highest BCUT2D eigenvalue weighted by atomic mass is 16.2. The van der Waals surface area contributed by atoms with Gasteiger partial charge in [-0.3, -0.25) is 9.59 Å². The summed E-state index contributed by atoms with van der Waals surface area (Å²) in [5.41, 5.74) is 1.83. The molecule has 29 heavy (non-hydrogen) atoms. The number of hydrogen-bond acceptors (Lipinski definition) is 3. The summed E-state index contributed by atoms with van der Waals surface area (Å²) in [6.07, 6.45) is 2.28. The van der Waals surface area contributed by atoms with Crippen molar-refractivity contribution < 1.29 is 9.59 Å². The summed E-state index contributed by atoms with van der Waals surface area (Å²) in [7, 11) is 0. The zero-order valence-corrected chi connectivity index (χ0v) is 18.7. The zero-order valence-electron chi connectivity index (χ0n) is 18.7. The number of nitrogens with one attached hydrogen (secondary N) is 1. The lowest BCUT2D eigenvalue weighted by Crippen LogP contribution is -2.44. The SMILES string of the molecule is CCC(CC)C(=O)NCCc1nc2ccccc2n1CC(=O)N(C(C)C)C(C)C. The van der Waals surface area contributed by atoms with E-state index < -0.39 is 0 Å². The van der Waals surface area contributed by atoms with Crippen LogP contribution in [0.1, 0.15) is 60.2 Å². The van der Waals surface area contributed by atoms with Gasteiger partial charge in [0.1, 0.15) is 12.4 Å². The maximum absolute atomic E-state index is 13.0. The molecule has 1 aromatic heterocycles. The van der Waals surface area contributed by atoms with Gasteiger partial charge in [-0.2, -0.15) is 0 Å². The quantitative estimate of drug-likeness (QED) is 0.660. The Kier molecular flexibility index (Phi) is 8.23. The Morgan fingerprint density at radius 1 is 1.07 bits per heavy atom. The van der Waals surface area contributed by atoms with Gasteiger partial charge >= 0.3 is 0 Å². The molecule has 6 nitrogen and oxygen atoms in total. The van der Waals surface area contributed by atoms with Crippen molar-refractivity contribution in [3.05, 3.63) is 30.1 Å². The first kappa shape index (κ1) is 22.9. The number of imidazole rings is 1. The van der Waals surface area contributed by atoms with E-state index in [4.69, 9.17) is 4.98 Å². The van der Waals surface area contributed by atoms with E-state index in [1.807, 2.05) is 75.3 Å². The normalized spacial score (nSPS) is 11.6. The molecule has 2 amide bonds. The first-order valence-electron chi connectivity index (χ1n) is 10.8. The Morgan fingerprint density at radius 2 is 1.69 bits per heavy atom. The highest BCUT2D eigenvalue weighted by Crippen LogP contribution is 2.18. The summed E-state index contributed by atoms with van der Waals surface area (Å²) in [5, 5.41) is 3.03. The first-order chi connectivity index (χ1) is 13.8. The molecule has 160 valence electrons. The summed E-state index contributed by atoms with van der Waals surface area (Å²) in [4.78, 5) is 32.0. The van der Waals surface area contributed by atoms with Gasteiger partial charge in [-0.25, -0.2) is 4.98 Å². The largest absolute Gasteiger partial charge is 0.355 e. The monoisotopic (exact) mass is 400 g/mol. The predicted molar refractivity (Wildman–Crippen MR) is 118 cm³/mol. The number of nitrogens with zero attached hydrogens (tertiary/aromatic N) is 3. The van der Waals surface area contributed by atoms with Crippen LogP contribution in [0.2, 0.25) is 0 Å². The van der Waals surface area contributed by atoms with Crippen LogP contribution in [0.3, 0.4) is 0 Å². The smallest absolute Gasteiger partial charge is 0.243 e. The van der Waals surface area contributed by atoms with E-state index in [1.54, 1.807) is 0 Å². The number of amides is 2. The van der Waals surface area contributed by atoms with Gasteiger partial charge in [0, 0.05) is 31.0 Å². The minimum absolute atomic E-state index is 0.0565. The summed E-state index contributed by atoms with van der Waals surface area (Å²) < 4.78 is 2.00. The van der Waals surface area contributed by atoms with Crippen molar-refractivity contribution in [2.45, 2.75) is 79.4 Å². The lowest BCUT2D eigenvalue weighted by atomic mass is 10.0. The van der Waals surface area contributed by atoms with Crippen molar-refractivity contribution in [3.8, 4) is 0 Å². The highest BCUT2D eigenvalue weighted by molar-refractivity contribution is 5.81. The van der Waals surface area contributed by atoms with E-state index in [0.29, 0.717) is 13.0 Å². The Labute approximate surface area is 174 Å². The minimum atomic E-state index is 0.0565. The first-order valence-corrected chi connectivity index (χ1v) is 10.8. The van der Waals surface area contributed by atoms with Crippen LogP contribution in [0, 0.1) is 5.92 Å². The van der Waals surface area contributed by atoms with E-state index >= 15 is 0 Å². The Balaban J connectivity index is 2.21. The van der Waals surface area contributed by atoms with Crippen molar-refractivity contribution in [3.63, 3.8) is 0 Å². The highest BCUT2D eigenvalue weighted by Gasteiger charge is 2.22. The number of rotatable bonds is 10. The molecule has 0 unspecified atom stereocenters. The molecule has 0 fully saturated rings. The van der Waals surface area contributed by atoms with Crippen molar-refractivity contribution in [2.24, 2.45) is 5.92 Å². The number of carbonyl (C=O) groups excluding carboxylic acids is 2. The van der Waals surface area contributed by atoms with Crippen molar-refractivity contribution >= 4 is 22.8 Å². The zero-order chi connectivity index (χ0) is 21.6. The van der Waals surface area contributed by atoms with Crippen molar-refractivity contribution in [1.29, 1.82) is 0 Å². The number of para-hydroxylation sites is 2. The van der Waals surface area contributed by atoms with Gasteiger partial charge < -0.3 is 14.8 Å². The van der Waals surface area contributed by atoms with Gasteiger partial charge in [-0.05, 0) is 52.7 Å². The van der Waals surface area contributed by atoms with Gasteiger partial charge in [0.2, 0.25) is 11.8 Å². The molecule has 0 atom stereocenters. The molecule has 0 saturated carbocycles. The molecule has 6 heteroatoms. The van der Waals surface area contributed by atoms with Gasteiger partial charge in [0.25, 0.3) is 0 Å². The number of fused-ring (bicyclic) bond motifs is 1. The summed E-state index contributed by atoms with van der Waals surface area (Å²) >= 11 is 0. The molecule has 0 radical (unpaired) electrons. The summed E-state index contributed by atoms with van der Waals surface area (Å²) in [5.74, 6) is 1.07. The second kappa shape index (κ2) is 10.4. The fourth-order valence-electron chi connectivity index (χ4n) is 3.98. The molecule has 0 saturated heterocycles. The van der Waals surface area contributed by atoms with E-state index in [-0.39, 0.29) is 36.4 Å². The maximum atomic E-state index is 13.0. The van der Waals surface area contributed by atoms with Crippen LogP contribution in [-0.4, -0.2) is 44.9 Å². The predicted octanol–water partition coefficient (Wildman–Crippen LogP) is 3.78. The van der Waals surface area contributed by atoms with Crippen LogP contribution in [0.25, 0.3) is 11.0 Å². The maximum Gasteiger partial charge on any atom is 0.243 e. The van der Waals surface area contributed by atoms with Crippen molar-refractivity contribution in [1.82, 2.24) is 19.8 Å². The van der Waals surface area contributed by atoms with Gasteiger partial charge in [0.15, 0.2) is 0 Å². The molecular formula is C23H36N4O2. The third-order valence-electron chi connectivity index (χ3n) is 5.43. The standard InChI is InChI=1S/C23H36N4O2/c1-7-18(8-2)23(29)24-14-13-21-25-19-11-9-10-12-20(19)26(21)15-22(28)27(16(3)4)17(5)6/h9-12,16-18H,7-8,13-15H2,1-6H3,(H,24,29). The average Bonchev–Trinajstić information content (AvgIpc) is 2.99. The Bertz CT molecular complexity index is 813. The molecule has 1 N–H and O–H groups in total. The third-order valence-corrected chi connectivity index (χ3v) is 5.43. The van der Waals surface area contributed by atoms with Crippen LogP contribution in [0.15, 0.2) is 24.3 Å². The molecule has 0 aliphatic rings. The third kappa shape index (κ3) is 5.58. The molecule has 2 rings (SSSR count). The number of aromatic nitrogens is 2. The molecule has 1 aromatic carbocycles. The molecule has 0 spiro atoms. The fraction of sp³-hybridized carbons (Fsp3) is 0.609. The number of carbonyl (C=O) groups is 2. The van der Waals surface area contributed by atoms with Gasteiger partial charge in [0.05, 0.1) is 11.0 Å². The van der Waals surface area contributed by atoms with E-state index in [2.05, 4.69) is 5.32 Å². The lowest BCUT2D eigenvalue weighted by Gasteiger charge is -2.31. The van der Waals surface area contributed by atoms with Crippen molar-refractivity contribution in [2.75, 3.05) is 6.54 Å². The van der Waals surface area contributed by atoms with Crippen LogP contribution < -0.4 is 5.32 Å². The number of hydrogen-bond donors (Lipinski definition) is 1. The average molecular weight is 401 g/mol. The Hall–Kier alpha value is -2.37. The van der Waals surface area contributed by atoms with Gasteiger partial charge in [-0.15, -0.1) is 0 Å². The van der Waals surface area contributed by atoms with Crippen LogP contribution >= 0.6 is 0 Å². The number of benzene rings is 1. The van der Waals surface area contributed by atoms with E-state index in [1.165, 1.54) is 0 Å². The van der Waals surface area contributed by atoms with Gasteiger partial charge in [-0.1, -0.05) is 26.0 Å². The molecule has 2 aromatic rings. The molecule has 0 bridgehead atoms. The topological polar surface area (TPSA) is 67.2 Å². The molecule has 1 heterocycles. The lowest BCUT2D eigenvalue weighted by molar-refractivity contribution is -0.135. The van der Waals surface area contributed by atoms with E-state index in [0.717, 1.165) is 29.7 Å². The second-order valence-electron chi connectivity index (χ2n) is 8.15. The second-order valence-corrected chi connectivity index (χ2v) is 8.15. The molecule has 0 aliphatic carbocycles. The summed E-state index contributed by atoms with van der Waals surface area (Å²) in [6, 6.07) is 8.16. The molecule has 0 aliphatic heterocycles. The van der Waals surface area contributed by atoms with Crippen LogP contribution in [-0.2, 0) is 22.6 Å². The van der Waals surface area contributed by atoms with Crippen LogP contribution in [0.4, 0.5) is 0 Å². The van der Waals surface area contributed by atoms with E-state index in [9.17, 15) is 9.59 Å². The Morgan fingerprint density at radius 3 is 2.28 bits per heavy atom. The molecular weight excluding hydrogens is 364 g/mol. The van der Waals surface area contributed by atoms with Crippen LogP contribution in [0.5, 0.6) is 0 Å². The minimum Gasteiger partial charge on any atom is -0.355 e. The fourth-order valence-corrected chi connectivity index (χ4v) is 3.98.